The van der Waals surface area contributed by atoms with Gasteiger partial charge < -0.3 is 26.0 Å². The second-order valence-electron chi connectivity index (χ2n) is 14.3. The van der Waals surface area contributed by atoms with E-state index in [4.69, 9.17) is 0 Å². The summed E-state index contributed by atoms with van der Waals surface area (Å²) >= 11 is 1.60. The van der Waals surface area contributed by atoms with E-state index in [-0.39, 0.29) is 30.7 Å². The van der Waals surface area contributed by atoms with Gasteiger partial charge in [0.15, 0.2) is 0 Å². The number of likely N-dealkylation sites (tertiary alicyclic amines) is 1. The smallest absolute Gasteiger partial charge is 0.246 e. The van der Waals surface area contributed by atoms with Crippen molar-refractivity contribution in [2.24, 2.45) is 16.7 Å². The molecule has 3 fully saturated rings. The first kappa shape index (κ1) is 32.6. The van der Waals surface area contributed by atoms with E-state index in [0.29, 0.717) is 24.3 Å². The van der Waals surface area contributed by atoms with Crippen LogP contribution in [0.15, 0.2) is 29.8 Å². The number of hydrogen-bond donors (Lipinski definition) is 4. The fourth-order valence-corrected chi connectivity index (χ4v) is 8.03. The fourth-order valence-electron chi connectivity index (χ4n) is 7.21. The van der Waals surface area contributed by atoms with Gasteiger partial charge in [0.05, 0.1) is 22.2 Å². The van der Waals surface area contributed by atoms with Crippen molar-refractivity contribution in [3.05, 3.63) is 41.0 Å². The van der Waals surface area contributed by atoms with Crippen molar-refractivity contribution in [2.45, 2.75) is 104 Å². The zero-order valence-electron chi connectivity index (χ0n) is 26.7. The Bertz CT molecular complexity index is 1300. The number of rotatable bonds is 8. The Morgan fingerprint density at radius 2 is 1.80 bits per heavy atom. The molecule has 2 aromatic rings. The second kappa shape index (κ2) is 13.7. The fraction of sp³-hybridized carbons (Fsp3) is 0.647. The molecule has 0 unspecified atom stereocenters. The van der Waals surface area contributed by atoms with Gasteiger partial charge >= 0.3 is 0 Å². The average molecular weight is 624 g/mol. The zero-order valence-corrected chi connectivity index (χ0v) is 27.5. The van der Waals surface area contributed by atoms with Crippen LogP contribution in [0.2, 0.25) is 0 Å². The highest BCUT2D eigenvalue weighted by molar-refractivity contribution is 7.13. The number of hydrogen-bond acceptors (Lipinski definition) is 7. The Labute approximate surface area is 265 Å². The third-order valence-electron chi connectivity index (χ3n) is 10.0. The van der Waals surface area contributed by atoms with Crippen molar-refractivity contribution < 1.29 is 19.5 Å². The number of β-amino-alcohol motifs (C(OH)–C–C–N with tert-alkyl or cyclic N) is 1. The zero-order chi connectivity index (χ0) is 31.5. The Morgan fingerprint density at radius 1 is 1.11 bits per heavy atom. The van der Waals surface area contributed by atoms with Crippen LogP contribution in [-0.2, 0) is 20.9 Å². The first-order valence-electron chi connectivity index (χ1n) is 16.2. The van der Waals surface area contributed by atoms with Crippen LogP contribution in [0.5, 0.6) is 0 Å². The number of carbonyl (C=O) groups is 3. The summed E-state index contributed by atoms with van der Waals surface area (Å²) in [4.78, 5) is 47.5. The number of aryl methyl sites for hydroxylation is 1. The molecule has 1 spiro atoms. The van der Waals surface area contributed by atoms with Crippen LogP contribution < -0.4 is 16.0 Å². The molecule has 3 aliphatic rings. The van der Waals surface area contributed by atoms with Gasteiger partial charge in [-0.25, -0.2) is 4.98 Å². The van der Waals surface area contributed by atoms with E-state index in [2.05, 4.69) is 20.9 Å². The molecule has 9 nitrogen and oxygen atoms in total. The molecule has 3 atom stereocenters. The standard InChI is InChI=1S/C34H49N5O4S/c1-22-29(44-21-37-22)25-7-5-24(6-8-25)19-36-31(42)27-18-26(40)20-39(27)32(43)30(33(2,3)4)38-28(41)17-23-9-11-34(12-10-23)13-15-35-16-14-34/h5-8,21,23,26-27,30,35,40H,9-20H2,1-4H3,(H,36,42)(H,38,41)/t26-,27+,30-/m1/s1. The van der Waals surface area contributed by atoms with Crippen molar-refractivity contribution in [2.75, 3.05) is 19.6 Å². The second-order valence-corrected chi connectivity index (χ2v) is 15.2. The van der Waals surface area contributed by atoms with Crippen LogP contribution >= 0.6 is 11.3 Å². The molecule has 1 aromatic heterocycles. The number of aromatic nitrogens is 1. The Balaban J connectivity index is 1.17. The minimum absolute atomic E-state index is 0.0713. The van der Waals surface area contributed by atoms with Gasteiger partial charge in [0.2, 0.25) is 17.7 Å². The van der Waals surface area contributed by atoms with Crippen molar-refractivity contribution >= 4 is 29.1 Å². The molecule has 2 aliphatic heterocycles. The molecule has 5 rings (SSSR count). The van der Waals surface area contributed by atoms with E-state index < -0.39 is 23.6 Å². The van der Waals surface area contributed by atoms with Gasteiger partial charge in [0.25, 0.3) is 0 Å². The highest BCUT2D eigenvalue weighted by atomic mass is 32.1. The number of benzene rings is 1. The van der Waals surface area contributed by atoms with E-state index in [9.17, 15) is 19.5 Å². The van der Waals surface area contributed by atoms with Crippen molar-refractivity contribution in [3.8, 4) is 10.4 Å². The summed E-state index contributed by atoms with van der Waals surface area (Å²) in [6.07, 6.45) is 6.70. The SMILES string of the molecule is Cc1ncsc1-c1ccc(CNC(=O)[C@@H]2C[C@@H](O)CN2C(=O)[C@@H](NC(=O)CC2CCC3(CCNCC3)CC2)C(C)(C)C)cc1. The van der Waals surface area contributed by atoms with Crippen molar-refractivity contribution in [1.29, 1.82) is 0 Å². The summed E-state index contributed by atoms with van der Waals surface area (Å²) in [6, 6.07) is 6.41. The van der Waals surface area contributed by atoms with Gasteiger partial charge in [-0.2, -0.15) is 0 Å². The van der Waals surface area contributed by atoms with E-state index >= 15 is 0 Å². The molecule has 4 N–H and O–H groups in total. The van der Waals surface area contributed by atoms with Gasteiger partial charge in [0, 0.05) is 25.9 Å². The van der Waals surface area contributed by atoms with E-state index in [1.807, 2.05) is 57.5 Å². The summed E-state index contributed by atoms with van der Waals surface area (Å²) in [7, 11) is 0. The van der Waals surface area contributed by atoms with Crippen LogP contribution in [0.1, 0.15) is 83.4 Å². The van der Waals surface area contributed by atoms with Crippen molar-refractivity contribution in [3.63, 3.8) is 0 Å². The number of aliphatic hydroxyl groups is 1. The summed E-state index contributed by atoms with van der Waals surface area (Å²) in [5.41, 5.74) is 4.72. The monoisotopic (exact) mass is 623 g/mol. The molecule has 3 heterocycles. The first-order valence-corrected chi connectivity index (χ1v) is 17.1. The van der Waals surface area contributed by atoms with Gasteiger partial charge in [0.1, 0.15) is 12.1 Å². The average Bonchev–Trinajstić information content (AvgIpc) is 3.61. The summed E-state index contributed by atoms with van der Waals surface area (Å²) in [6.45, 7) is 10.3. The van der Waals surface area contributed by atoms with Crippen LogP contribution in [0.3, 0.4) is 0 Å². The number of aliphatic hydroxyl groups excluding tert-OH is 1. The minimum atomic E-state index is -0.794. The first-order chi connectivity index (χ1) is 20.9. The predicted molar refractivity (Wildman–Crippen MR) is 173 cm³/mol. The largest absolute Gasteiger partial charge is 0.391 e. The quantitative estimate of drug-likeness (QED) is 0.350. The summed E-state index contributed by atoms with van der Waals surface area (Å²) in [5, 5.41) is 20.0. The third kappa shape index (κ3) is 7.69. The van der Waals surface area contributed by atoms with Gasteiger partial charge in [-0.15, -0.1) is 11.3 Å². The molecule has 10 heteroatoms. The Morgan fingerprint density at radius 3 is 2.41 bits per heavy atom. The highest BCUT2D eigenvalue weighted by Gasteiger charge is 2.45. The van der Waals surface area contributed by atoms with Gasteiger partial charge in [-0.05, 0) is 86.4 Å². The Hall–Kier alpha value is -2.82. The van der Waals surface area contributed by atoms with E-state index in [0.717, 1.165) is 47.6 Å². The van der Waals surface area contributed by atoms with E-state index in [1.165, 1.54) is 30.6 Å². The molecule has 0 bridgehead atoms. The highest BCUT2D eigenvalue weighted by Crippen LogP contribution is 2.45. The lowest BCUT2D eigenvalue weighted by atomic mass is 9.65. The lowest BCUT2D eigenvalue weighted by Gasteiger charge is -2.43. The molecule has 1 saturated carbocycles. The Kier molecular flexibility index (Phi) is 10.1. The van der Waals surface area contributed by atoms with E-state index in [1.54, 1.807) is 11.3 Å². The van der Waals surface area contributed by atoms with Crippen LogP contribution in [0.25, 0.3) is 10.4 Å². The maximum Gasteiger partial charge on any atom is 0.246 e. The van der Waals surface area contributed by atoms with Crippen molar-refractivity contribution in [1.82, 2.24) is 25.8 Å². The number of piperidine rings is 1. The molecular formula is C34H49N5O4S. The number of nitrogens with one attached hydrogen (secondary N) is 3. The number of thiazole rings is 1. The normalized spacial score (nSPS) is 23.0. The molecule has 0 radical (unpaired) electrons. The number of amides is 3. The summed E-state index contributed by atoms with van der Waals surface area (Å²) in [5.74, 6) is -0.393. The molecule has 2 saturated heterocycles. The molecule has 240 valence electrons. The predicted octanol–water partition coefficient (Wildman–Crippen LogP) is 4.18. The minimum Gasteiger partial charge on any atom is -0.391 e. The molecule has 1 aliphatic carbocycles. The number of carbonyl (C=O) groups excluding carboxylic acids is 3. The van der Waals surface area contributed by atoms with Gasteiger partial charge in [-0.1, -0.05) is 45.0 Å². The lowest BCUT2D eigenvalue weighted by molar-refractivity contribution is -0.144. The maximum atomic E-state index is 13.9. The lowest BCUT2D eigenvalue weighted by Crippen LogP contribution is -2.57. The molecular weight excluding hydrogens is 574 g/mol. The van der Waals surface area contributed by atoms with Crippen LogP contribution in [-0.4, -0.2) is 70.5 Å². The molecule has 3 amide bonds. The third-order valence-corrected chi connectivity index (χ3v) is 11.0. The summed E-state index contributed by atoms with van der Waals surface area (Å²) < 4.78 is 0. The van der Waals surface area contributed by atoms with Crippen LogP contribution in [0.4, 0.5) is 0 Å². The number of nitrogens with zero attached hydrogens (tertiary/aromatic N) is 2. The van der Waals surface area contributed by atoms with Gasteiger partial charge in [-0.3, -0.25) is 14.4 Å². The topological polar surface area (TPSA) is 124 Å². The van der Waals surface area contributed by atoms with Crippen LogP contribution in [0, 0.1) is 23.7 Å². The maximum absolute atomic E-state index is 13.9. The molecule has 1 aromatic carbocycles. The molecule has 44 heavy (non-hydrogen) atoms.